The Labute approximate surface area is 258 Å². The number of methoxy groups -OCH3 is 1. The Morgan fingerprint density at radius 3 is 2.37 bits per heavy atom. The van der Waals surface area contributed by atoms with E-state index in [1.165, 1.54) is 0 Å². The number of amides is 1. The van der Waals surface area contributed by atoms with Crippen molar-refractivity contribution in [2.24, 2.45) is 5.73 Å². The van der Waals surface area contributed by atoms with Crippen LogP contribution < -0.4 is 26.0 Å². The van der Waals surface area contributed by atoms with E-state index in [4.69, 9.17) is 25.2 Å². The lowest BCUT2D eigenvalue weighted by Gasteiger charge is -2.42. The van der Waals surface area contributed by atoms with Crippen LogP contribution in [-0.2, 0) is 11.2 Å². The molecule has 3 aliphatic rings. The number of piperidine rings is 1. The number of piperazine rings is 1. The number of anilines is 4. The summed E-state index contributed by atoms with van der Waals surface area (Å²) in [5.41, 5.74) is 8.53. The van der Waals surface area contributed by atoms with E-state index in [1.807, 2.05) is 12.1 Å². The lowest BCUT2D eigenvalue weighted by atomic mass is 9.41. The number of carbonyl (C=O) groups excluding carboxylic acids is 1. The van der Waals surface area contributed by atoms with Crippen molar-refractivity contribution in [3.8, 4) is 5.75 Å². The lowest BCUT2D eigenvalue weighted by molar-refractivity contribution is 0.0903. The zero-order valence-corrected chi connectivity index (χ0v) is 26.6. The predicted octanol–water partition coefficient (Wildman–Crippen LogP) is -0.350. The van der Waals surface area contributed by atoms with Gasteiger partial charge in [-0.15, -0.1) is 5.11 Å². The maximum atomic E-state index is 12.6. The number of aromatic nitrogens is 2. The summed E-state index contributed by atoms with van der Waals surface area (Å²) in [5, 5.41) is 6.87. The quantitative estimate of drug-likeness (QED) is 0.318. The molecule has 3 aliphatic heterocycles. The first-order valence-electron chi connectivity index (χ1n) is 15.8. The molecule has 4 N–H and O–H groups in total. The van der Waals surface area contributed by atoms with E-state index in [9.17, 15) is 4.79 Å². The minimum Gasteiger partial charge on any atom is -0.495 e. The number of likely N-dealkylation sites (N-methyl/N-ethyl adjacent to an activating group) is 1. The Kier molecular flexibility index (Phi) is 10.1. The Hall–Kier alpha value is -2.96. The Bertz CT molecular complexity index is 1260. The average molecular weight is 588 g/mol. The molecule has 2 aromatic rings. The highest BCUT2D eigenvalue weighted by Gasteiger charge is 2.28. The number of nitrogens with one attached hydrogen (secondary N) is 2. The molecular weight excluding hydrogens is 541 g/mol. The summed E-state index contributed by atoms with van der Waals surface area (Å²) >= 11 is 0. The number of rotatable bonds is 10. The number of primary amides is 1. The topological polar surface area (TPSA) is 121 Å². The van der Waals surface area contributed by atoms with Gasteiger partial charge < -0.3 is 35.6 Å². The molecule has 0 aliphatic carbocycles. The van der Waals surface area contributed by atoms with Crippen molar-refractivity contribution in [2.45, 2.75) is 49.3 Å². The number of hydrogen-bond donors (Lipinski definition) is 3. The van der Waals surface area contributed by atoms with E-state index < -0.39 is 5.91 Å². The molecule has 0 unspecified atom stereocenters. The van der Waals surface area contributed by atoms with E-state index in [-0.39, 0.29) is 16.8 Å². The summed E-state index contributed by atoms with van der Waals surface area (Å²) in [7, 11) is 10.3. The molecule has 14 heteroatoms. The molecule has 1 amide bonds. The van der Waals surface area contributed by atoms with Crippen LogP contribution in [0.3, 0.4) is 0 Å². The van der Waals surface area contributed by atoms with E-state index in [1.54, 1.807) is 7.11 Å². The molecule has 3 fully saturated rings. The SMILES string of the molecule is BC(B)(B)Cc1nc(C(N)=O)c(Nc2ccc(N3CCC(N4CCN(C)CC4)CC3)c(OC)c2)nc1NC1CCOCC1. The van der Waals surface area contributed by atoms with Gasteiger partial charge in [0.1, 0.15) is 11.6 Å². The number of ether oxygens (including phenoxy) is 2. The van der Waals surface area contributed by atoms with E-state index in [0.29, 0.717) is 37.3 Å². The van der Waals surface area contributed by atoms with Gasteiger partial charge in [0.05, 0.1) is 42.0 Å². The summed E-state index contributed by atoms with van der Waals surface area (Å²) in [5.74, 6) is 1.18. The number of carbonyl (C=O) groups is 1. The van der Waals surface area contributed by atoms with Gasteiger partial charge in [0.25, 0.3) is 5.91 Å². The lowest BCUT2D eigenvalue weighted by Crippen LogP contribution is -2.52. The predicted molar refractivity (Wildman–Crippen MR) is 181 cm³/mol. The van der Waals surface area contributed by atoms with Gasteiger partial charge in [-0.1, -0.05) is 0 Å². The molecule has 230 valence electrons. The number of nitrogens with two attached hydrogens (primary N) is 1. The molecule has 4 heterocycles. The number of hydrogen-bond acceptors (Lipinski definition) is 10. The highest BCUT2D eigenvalue weighted by Crippen LogP contribution is 2.35. The number of benzene rings is 1. The van der Waals surface area contributed by atoms with Crippen LogP contribution in [0.15, 0.2) is 18.2 Å². The summed E-state index contributed by atoms with van der Waals surface area (Å²) in [4.78, 5) is 29.7. The van der Waals surface area contributed by atoms with Gasteiger partial charge in [0, 0.05) is 76.3 Å². The Balaban J connectivity index is 1.34. The molecule has 5 rings (SSSR count). The van der Waals surface area contributed by atoms with Crippen LogP contribution in [0.4, 0.5) is 23.0 Å². The highest BCUT2D eigenvalue weighted by molar-refractivity contribution is 6.59. The monoisotopic (exact) mass is 588 g/mol. The fourth-order valence-electron chi connectivity index (χ4n) is 6.32. The maximum absolute atomic E-state index is 12.6. The van der Waals surface area contributed by atoms with E-state index >= 15 is 0 Å². The first kappa shape index (κ1) is 31.5. The zero-order chi connectivity index (χ0) is 30.6. The van der Waals surface area contributed by atoms with Crippen molar-refractivity contribution in [2.75, 3.05) is 82.2 Å². The molecule has 1 aromatic heterocycles. The molecule has 11 nitrogen and oxygen atoms in total. The third kappa shape index (κ3) is 8.16. The zero-order valence-electron chi connectivity index (χ0n) is 26.6. The first-order chi connectivity index (χ1) is 20.6. The van der Waals surface area contributed by atoms with Crippen molar-refractivity contribution >= 4 is 52.5 Å². The van der Waals surface area contributed by atoms with Gasteiger partial charge in [-0.3, -0.25) is 9.69 Å². The molecule has 1 aromatic carbocycles. The third-order valence-corrected chi connectivity index (χ3v) is 8.76. The van der Waals surface area contributed by atoms with Crippen LogP contribution >= 0.6 is 0 Å². The number of nitrogens with zero attached hydrogens (tertiary/aromatic N) is 5. The van der Waals surface area contributed by atoms with Crippen LogP contribution in [0.2, 0.25) is 5.11 Å². The van der Waals surface area contributed by atoms with Crippen molar-refractivity contribution in [1.29, 1.82) is 0 Å². The molecule has 0 radical (unpaired) electrons. The largest absolute Gasteiger partial charge is 0.495 e. The third-order valence-electron chi connectivity index (χ3n) is 8.76. The summed E-state index contributed by atoms with van der Waals surface area (Å²) < 4.78 is 11.4. The van der Waals surface area contributed by atoms with Crippen LogP contribution in [0.5, 0.6) is 5.75 Å². The summed E-state index contributed by atoms with van der Waals surface area (Å²) in [6, 6.07) is 6.93. The van der Waals surface area contributed by atoms with Gasteiger partial charge in [-0.2, -0.15) is 0 Å². The van der Waals surface area contributed by atoms with E-state index in [0.717, 1.165) is 87.8 Å². The van der Waals surface area contributed by atoms with Gasteiger partial charge in [0.2, 0.25) is 0 Å². The standard InChI is InChI=1S/C29H47B3N8O3/c1-38-11-13-39(14-12-38)21-5-9-40(10-6-21)23-4-3-20(17-24(23)42-2)35-28-25(26(33)41)36-22(18-29(30,31)32)27(37-28)34-19-7-15-43-16-8-19/h3-4,17,19,21H,5-16,18,30-32H2,1-2H3,(H2,33,41)(H2,34,35,37). The van der Waals surface area contributed by atoms with Crippen molar-refractivity contribution in [3.05, 3.63) is 29.6 Å². The van der Waals surface area contributed by atoms with Crippen LogP contribution in [0, 0.1) is 0 Å². The average Bonchev–Trinajstić information content (AvgIpc) is 2.98. The summed E-state index contributed by atoms with van der Waals surface area (Å²) in [6.45, 7) is 8.03. The van der Waals surface area contributed by atoms with E-state index in [2.05, 4.69) is 62.0 Å². The van der Waals surface area contributed by atoms with Crippen LogP contribution in [0.25, 0.3) is 0 Å². The molecule has 3 saturated heterocycles. The minimum atomic E-state index is -0.616. The van der Waals surface area contributed by atoms with Crippen LogP contribution in [-0.4, -0.2) is 128 Å². The highest BCUT2D eigenvalue weighted by atomic mass is 16.5. The Morgan fingerprint density at radius 2 is 1.74 bits per heavy atom. The molecule has 0 saturated carbocycles. The molecular formula is C29H47B3N8O3. The first-order valence-corrected chi connectivity index (χ1v) is 15.8. The summed E-state index contributed by atoms with van der Waals surface area (Å²) in [6.07, 6.45) is 4.73. The van der Waals surface area contributed by atoms with Crippen LogP contribution in [0.1, 0.15) is 41.9 Å². The second kappa shape index (κ2) is 13.8. The molecule has 0 atom stereocenters. The minimum absolute atomic E-state index is 0.0488. The van der Waals surface area contributed by atoms with Gasteiger partial charge in [-0.05, 0) is 51.3 Å². The molecule has 43 heavy (non-hydrogen) atoms. The normalized spacial score (nSPS) is 19.7. The molecule has 0 spiro atoms. The van der Waals surface area contributed by atoms with Gasteiger partial charge >= 0.3 is 0 Å². The van der Waals surface area contributed by atoms with Crippen molar-refractivity contribution in [3.63, 3.8) is 0 Å². The fourth-order valence-corrected chi connectivity index (χ4v) is 6.32. The van der Waals surface area contributed by atoms with Gasteiger partial charge in [0.15, 0.2) is 11.5 Å². The van der Waals surface area contributed by atoms with Gasteiger partial charge in [-0.25, -0.2) is 9.97 Å². The van der Waals surface area contributed by atoms with Crippen molar-refractivity contribution in [1.82, 2.24) is 19.8 Å². The smallest absolute Gasteiger partial charge is 0.271 e. The molecule has 0 bridgehead atoms. The second-order valence-electron chi connectivity index (χ2n) is 13.4. The van der Waals surface area contributed by atoms with Crippen molar-refractivity contribution < 1.29 is 14.3 Å². The fraction of sp³-hybridized carbons (Fsp3) is 0.621. The maximum Gasteiger partial charge on any atom is 0.271 e. The second-order valence-corrected chi connectivity index (χ2v) is 13.4. The Morgan fingerprint density at radius 1 is 1.05 bits per heavy atom.